The molecule has 0 saturated carbocycles. The van der Waals surface area contributed by atoms with E-state index in [0.29, 0.717) is 47.1 Å². The van der Waals surface area contributed by atoms with E-state index in [1.54, 1.807) is 48.5 Å². The van der Waals surface area contributed by atoms with Crippen LogP contribution in [0.15, 0.2) is 122 Å². The monoisotopic (exact) mass is 1040 g/mol. The van der Waals surface area contributed by atoms with E-state index < -0.39 is 11.6 Å². The first-order chi connectivity index (χ1) is 35.5. The van der Waals surface area contributed by atoms with E-state index in [4.69, 9.17) is 0 Å². The lowest BCUT2D eigenvalue weighted by Gasteiger charge is -2.09. The summed E-state index contributed by atoms with van der Waals surface area (Å²) < 4.78 is 34.6. The van der Waals surface area contributed by atoms with Gasteiger partial charge in [-0.15, -0.1) is 0 Å². The number of halogens is 2. The normalized spacial score (nSPS) is 10.2. The second-order valence-electron chi connectivity index (χ2n) is 17.6. The van der Waals surface area contributed by atoms with Crippen molar-refractivity contribution in [2.45, 2.75) is 175 Å². The van der Waals surface area contributed by atoms with E-state index in [1.165, 1.54) is 17.7 Å². The van der Waals surface area contributed by atoms with Gasteiger partial charge in [-0.25, -0.2) is 8.78 Å². The summed E-state index contributed by atoms with van der Waals surface area (Å²) >= 11 is 0. The summed E-state index contributed by atoms with van der Waals surface area (Å²) in [5.41, 5.74) is 5.85. The van der Waals surface area contributed by atoms with Crippen LogP contribution in [0.3, 0.4) is 0 Å². The highest BCUT2D eigenvalue weighted by molar-refractivity contribution is 5.89. The maximum Gasteiger partial charge on any atom is 0.278 e. The summed E-state index contributed by atoms with van der Waals surface area (Å²) in [6, 6.07) is 27.0. The number of nitro benzene ring substituents is 3. The highest BCUT2D eigenvalue weighted by Crippen LogP contribution is 2.29. The van der Waals surface area contributed by atoms with Crippen LogP contribution in [0.1, 0.15) is 178 Å². The van der Waals surface area contributed by atoms with E-state index in [0.717, 1.165) is 33.4 Å². The highest BCUT2D eigenvalue weighted by atomic mass is 19.1. The SMILES string of the molecule is CC.CC.CC.CC.CC(C)n1ccc2c([N+](=O)[O-])cccc21.CC(C)n1ccc2cc([N+](=O)[O-])ccc21.CC(C)n1ccc2ccc([N+](=O)[O-])cc21.CCc1cc(C(C)C)c(F)cc1F.Cc1ccn(C(C)C)c1. The maximum absolute atomic E-state index is 13.2. The van der Waals surface area contributed by atoms with Gasteiger partial charge in [0, 0.05) is 108 Å². The largest absolute Gasteiger partial charge is 0.352 e. The minimum Gasteiger partial charge on any atom is -0.352 e. The number of fused-ring (bicyclic) bond motifs is 3. The van der Waals surface area contributed by atoms with Gasteiger partial charge in [-0.2, -0.15) is 0 Å². The summed E-state index contributed by atoms with van der Waals surface area (Å²) in [5, 5.41) is 34.7. The van der Waals surface area contributed by atoms with E-state index in [1.807, 2.05) is 122 Å². The highest BCUT2D eigenvalue weighted by Gasteiger charge is 2.15. The summed E-state index contributed by atoms with van der Waals surface area (Å²) in [6.07, 6.45) is 10.7. The molecule has 0 spiro atoms. The minimum absolute atomic E-state index is 0.103. The van der Waals surface area contributed by atoms with Gasteiger partial charge < -0.3 is 18.3 Å². The molecule has 0 amide bonds. The van der Waals surface area contributed by atoms with Gasteiger partial charge in [0.25, 0.3) is 17.1 Å². The first kappa shape index (κ1) is 67.8. The summed E-state index contributed by atoms with van der Waals surface area (Å²) in [7, 11) is 0. The molecule has 8 rings (SSSR count). The minimum atomic E-state index is -0.440. The number of aryl methyl sites for hydroxylation is 2. The summed E-state index contributed by atoms with van der Waals surface area (Å²) in [6.45, 7) is 40.5. The standard InChI is InChI=1S/C11H14F2.3C11H12N2O2.C8H13N.4C2H6/c1-4-8-5-9(7(2)3)11(13)6-10(8)12;1-8(2)12-6-5-9-7-10(13(14)15)3-4-11(9)12;1-8(2)12-6-5-9-3-4-10(13(14)15)7-11(9)12;1-8(2)12-7-6-9-10(12)4-3-5-11(9)13(14)15;1-7(2)9-5-4-8(3)6-9;4*1-2/h5-7H,4H2,1-3H3;3*3-8H,1-2H3;4-7H,1-3H3;4*1-2H3. The molecule has 0 fully saturated rings. The lowest BCUT2D eigenvalue weighted by Crippen LogP contribution is -1.98. The third-order valence-electron chi connectivity index (χ3n) is 11.1. The molecule has 13 nitrogen and oxygen atoms in total. The van der Waals surface area contributed by atoms with Crippen molar-refractivity contribution in [3.05, 3.63) is 181 Å². The number of hydrogen-bond donors (Lipinski definition) is 0. The second-order valence-corrected chi connectivity index (χ2v) is 17.6. The van der Waals surface area contributed by atoms with Crippen molar-refractivity contribution in [1.29, 1.82) is 0 Å². The van der Waals surface area contributed by atoms with Crippen molar-refractivity contribution < 1.29 is 23.6 Å². The Morgan fingerprint density at radius 3 is 1.44 bits per heavy atom. The molecule has 4 aromatic carbocycles. The first-order valence-electron chi connectivity index (χ1n) is 26.4. The van der Waals surface area contributed by atoms with Crippen molar-refractivity contribution in [3.8, 4) is 0 Å². The van der Waals surface area contributed by atoms with Crippen molar-refractivity contribution in [1.82, 2.24) is 18.3 Å². The van der Waals surface area contributed by atoms with Crippen LogP contribution < -0.4 is 0 Å². The molecule has 0 bridgehead atoms. The molecule has 75 heavy (non-hydrogen) atoms. The molecule has 0 aliphatic carbocycles. The predicted molar refractivity (Wildman–Crippen MR) is 312 cm³/mol. The lowest BCUT2D eigenvalue weighted by atomic mass is 9.99. The summed E-state index contributed by atoms with van der Waals surface area (Å²) in [4.78, 5) is 30.9. The second kappa shape index (κ2) is 34.4. The quantitative estimate of drug-likeness (QED) is 0.104. The molecule has 15 heteroatoms. The third-order valence-corrected chi connectivity index (χ3v) is 11.1. The smallest absolute Gasteiger partial charge is 0.278 e. The molecule has 0 radical (unpaired) electrons. The van der Waals surface area contributed by atoms with Crippen molar-refractivity contribution >= 4 is 49.8 Å². The van der Waals surface area contributed by atoms with Crippen molar-refractivity contribution in [2.75, 3.05) is 0 Å². The number of rotatable bonds is 9. The van der Waals surface area contributed by atoms with Crippen LogP contribution in [0.25, 0.3) is 32.7 Å². The van der Waals surface area contributed by atoms with Crippen molar-refractivity contribution in [3.63, 3.8) is 0 Å². The van der Waals surface area contributed by atoms with Gasteiger partial charge in [0.2, 0.25) is 0 Å². The molecule has 0 saturated heterocycles. The molecule has 4 heterocycles. The fraction of sp³-hybridized carbons (Fsp3) is 0.433. The molecule has 0 N–H and O–H groups in total. The van der Waals surface area contributed by atoms with E-state index in [2.05, 4.69) is 89.9 Å². The molecular weight excluding hydrogens is 953 g/mol. The zero-order valence-corrected chi connectivity index (χ0v) is 48.5. The number of non-ortho nitro benzene ring substituents is 3. The fourth-order valence-electron chi connectivity index (χ4n) is 7.37. The zero-order chi connectivity index (χ0) is 57.9. The van der Waals surface area contributed by atoms with Gasteiger partial charge in [0.1, 0.15) is 11.6 Å². The Kier molecular flexibility index (Phi) is 31.1. The number of nitrogens with zero attached hydrogens (tertiary/aromatic N) is 7. The Hall–Kier alpha value is -7.16. The average molecular weight is 1040 g/mol. The van der Waals surface area contributed by atoms with Gasteiger partial charge in [-0.3, -0.25) is 30.3 Å². The molecule has 0 atom stereocenters. The van der Waals surface area contributed by atoms with Crippen LogP contribution >= 0.6 is 0 Å². The Bertz CT molecular complexity index is 2930. The Morgan fingerprint density at radius 1 is 0.493 bits per heavy atom. The lowest BCUT2D eigenvalue weighted by molar-refractivity contribution is -0.384. The summed E-state index contributed by atoms with van der Waals surface area (Å²) in [5.74, 6) is -0.778. The van der Waals surface area contributed by atoms with Gasteiger partial charge >= 0.3 is 0 Å². The molecule has 8 aromatic rings. The molecule has 412 valence electrons. The number of benzene rings is 4. The first-order valence-corrected chi connectivity index (χ1v) is 26.4. The van der Waals surface area contributed by atoms with Crippen LogP contribution in [0.4, 0.5) is 25.8 Å². The third kappa shape index (κ3) is 19.9. The average Bonchev–Trinajstić information content (AvgIpc) is 4.23. The van der Waals surface area contributed by atoms with Gasteiger partial charge in [-0.1, -0.05) is 82.2 Å². The molecule has 0 unspecified atom stereocenters. The fourth-order valence-corrected chi connectivity index (χ4v) is 7.37. The molecular formula is C60H87F2N7O6. The van der Waals surface area contributed by atoms with Crippen LogP contribution in [0.2, 0.25) is 0 Å². The van der Waals surface area contributed by atoms with Gasteiger partial charge in [0.05, 0.1) is 31.2 Å². The Labute approximate surface area is 445 Å². The zero-order valence-electron chi connectivity index (χ0n) is 48.5. The Balaban J connectivity index is 0.000000889. The van der Waals surface area contributed by atoms with Gasteiger partial charge in [0.15, 0.2) is 0 Å². The Morgan fingerprint density at radius 2 is 0.987 bits per heavy atom. The topological polar surface area (TPSA) is 149 Å². The maximum atomic E-state index is 13.2. The van der Waals surface area contributed by atoms with Crippen LogP contribution in [-0.2, 0) is 6.42 Å². The van der Waals surface area contributed by atoms with E-state index >= 15 is 0 Å². The van der Waals surface area contributed by atoms with Crippen LogP contribution in [0.5, 0.6) is 0 Å². The van der Waals surface area contributed by atoms with E-state index in [9.17, 15) is 39.1 Å². The number of nitro groups is 3. The molecule has 4 aromatic heterocycles. The predicted octanol–water partition coefficient (Wildman–Crippen LogP) is 19.5. The number of hydrogen-bond acceptors (Lipinski definition) is 6. The molecule has 0 aliphatic heterocycles. The van der Waals surface area contributed by atoms with Gasteiger partial charge in [-0.05, 0) is 140 Å². The number of aromatic nitrogens is 4. The van der Waals surface area contributed by atoms with E-state index in [-0.39, 0.29) is 37.7 Å². The van der Waals surface area contributed by atoms with Crippen LogP contribution in [0, 0.1) is 48.9 Å². The van der Waals surface area contributed by atoms with Crippen molar-refractivity contribution in [2.24, 2.45) is 0 Å². The van der Waals surface area contributed by atoms with Crippen LogP contribution in [-0.4, -0.2) is 33.0 Å². The molecule has 0 aliphatic rings.